The van der Waals surface area contributed by atoms with Crippen LogP contribution < -0.4 is 0 Å². The van der Waals surface area contributed by atoms with Gasteiger partial charge in [-0.15, -0.1) is 0 Å². The number of carbonyl (C=O) groups is 1. The van der Waals surface area contributed by atoms with Gasteiger partial charge in [0.05, 0.1) is 12.5 Å². The predicted molar refractivity (Wildman–Crippen MR) is 117 cm³/mol. The molecule has 0 radical (unpaired) electrons. The van der Waals surface area contributed by atoms with Gasteiger partial charge in [-0.3, -0.25) is 4.79 Å². The van der Waals surface area contributed by atoms with E-state index in [9.17, 15) is 4.79 Å². The molecular formula is C25H48O2. The highest BCUT2D eigenvalue weighted by molar-refractivity contribution is 5.72. The average Bonchev–Trinajstić information content (AvgIpc) is 2.70. The summed E-state index contributed by atoms with van der Waals surface area (Å²) in [5, 5.41) is 0. The zero-order valence-electron chi connectivity index (χ0n) is 18.5. The Hall–Kier alpha value is -0.530. The van der Waals surface area contributed by atoms with Gasteiger partial charge in [0.15, 0.2) is 0 Å². The van der Waals surface area contributed by atoms with Crippen molar-refractivity contribution in [1.82, 2.24) is 0 Å². The smallest absolute Gasteiger partial charge is 0.308 e. The van der Waals surface area contributed by atoms with Crippen LogP contribution in [0.15, 0.2) is 0 Å². The molecule has 2 nitrogen and oxygen atoms in total. The molecule has 1 fully saturated rings. The molecule has 1 saturated carbocycles. The SMILES string of the molecule is CCCCCCCCCCCCCCCCCCOC(=O)C1CCCCC1. The molecule has 0 saturated heterocycles. The lowest BCUT2D eigenvalue weighted by atomic mass is 9.89. The van der Waals surface area contributed by atoms with E-state index in [0.29, 0.717) is 6.61 Å². The average molecular weight is 381 g/mol. The maximum Gasteiger partial charge on any atom is 0.308 e. The Bertz CT molecular complexity index is 320. The molecule has 0 aromatic carbocycles. The van der Waals surface area contributed by atoms with E-state index in [2.05, 4.69) is 6.92 Å². The van der Waals surface area contributed by atoms with Crippen LogP contribution in [-0.4, -0.2) is 12.6 Å². The predicted octanol–water partition coefficient (Wildman–Crippen LogP) is 8.37. The number of hydrogen-bond donors (Lipinski definition) is 0. The van der Waals surface area contributed by atoms with Gasteiger partial charge in [-0.25, -0.2) is 0 Å². The zero-order chi connectivity index (χ0) is 19.4. The van der Waals surface area contributed by atoms with Gasteiger partial charge in [0, 0.05) is 0 Å². The van der Waals surface area contributed by atoms with Crippen molar-refractivity contribution in [2.75, 3.05) is 6.61 Å². The topological polar surface area (TPSA) is 26.3 Å². The van der Waals surface area contributed by atoms with Crippen molar-refractivity contribution in [1.29, 1.82) is 0 Å². The molecule has 0 aromatic rings. The van der Waals surface area contributed by atoms with Crippen molar-refractivity contribution in [3.05, 3.63) is 0 Å². The molecule has 0 bridgehead atoms. The number of rotatable bonds is 18. The van der Waals surface area contributed by atoms with Gasteiger partial charge in [0.25, 0.3) is 0 Å². The fourth-order valence-corrected chi connectivity index (χ4v) is 4.28. The van der Waals surface area contributed by atoms with Crippen molar-refractivity contribution in [2.45, 2.75) is 142 Å². The van der Waals surface area contributed by atoms with Crippen LogP contribution in [0.4, 0.5) is 0 Å². The van der Waals surface area contributed by atoms with Crippen LogP contribution in [-0.2, 0) is 9.53 Å². The molecule has 0 aromatic heterocycles. The van der Waals surface area contributed by atoms with E-state index in [4.69, 9.17) is 4.74 Å². The third kappa shape index (κ3) is 15.1. The van der Waals surface area contributed by atoms with Gasteiger partial charge in [0.1, 0.15) is 0 Å². The van der Waals surface area contributed by atoms with Gasteiger partial charge < -0.3 is 4.74 Å². The summed E-state index contributed by atoms with van der Waals surface area (Å²) in [5.74, 6) is 0.287. The van der Waals surface area contributed by atoms with Crippen molar-refractivity contribution >= 4 is 5.97 Å². The minimum atomic E-state index is 0.0793. The standard InChI is InChI=1S/C25H48O2/c1-2-3-4-5-6-7-8-9-10-11-12-13-14-15-16-20-23-27-25(26)24-21-18-17-19-22-24/h24H,2-23H2,1H3. The highest BCUT2D eigenvalue weighted by Gasteiger charge is 2.21. The Morgan fingerprint density at radius 1 is 0.630 bits per heavy atom. The van der Waals surface area contributed by atoms with E-state index >= 15 is 0 Å². The number of ether oxygens (including phenoxy) is 1. The summed E-state index contributed by atoms with van der Waals surface area (Å²) in [4.78, 5) is 11.9. The van der Waals surface area contributed by atoms with Gasteiger partial charge in [-0.05, 0) is 19.3 Å². The summed E-state index contributed by atoms with van der Waals surface area (Å²) in [6, 6.07) is 0. The van der Waals surface area contributed by atoms with E-state index < -0.39 is 0 Å². The summed E-state index contributed by atoms with van der Waals surface area (Å²) in [5.41, 5.74) is 0. The molecular weight excluding hydrogens is 332 g/mol. The second-order valence-electron chi connectivity index (χ2n) is 8.81. The van der Waals surface area contributed by atoms with Crippen molar-refractivity contribution in [2.24, 2.45) is 5.92 Å². The first-order valence-electron chi connectivity index (χ1n) is 12.5. The lowest BCUT2D eigenvalue weighted by Crippen LogP contribution is -2.20. The molecule has 1 rings (SSSR count). The molecule has 2 heteroatoms. The molecule has 1 aliphatic rings. The first kappa shape index (κ1) is 24.5. The van der Waals surface area contributed by atoms with Crippen molar-refractivity contribution in [3.8, 4) is 0 Å². The molecule has 0 heterocycles. The van der Waals surface area contributed by atoms with E-state index in [1.807, 2.05) is 0 Å². The van der Waals surface area contributed by atoms with E-state index in [1.165, 1.54) is 116 Å². The lowest BCUT2D eigenvalue weighted by Gasteiger charge is -2.19. The largest absolute Gasteiger partial charge is 0.465 e. The highest BCUT2D eigenvalue weighted by atomic mass is 16.5. The van der Waals surface area contributed by atoms with Gasteiger partial charge in [-0.2, -0.15) is 0 Å². The Kier molecular flexibility index (Phi) is 17.1. The molecule has 0 atom stereocenters. The van der Waals surface area contributed by atoms with E-state index in [0.717, 1.165) is 19.3 Å². The molecule has 0 amide bonds. The Balaban J connectivity index is 1.71. The van der Waals surface area contributed by atoms with Gasteiger partial charge in [0.2, 0.25) is 0 Å². The van der Waals surface area contributed by atoms with Crippen LogP contribution in [0.1, 0.15) is 142 Å². The summed E-state index contributed by atoms with van der Waals surface area (Å²) < 4.78 is 5.46. The first-order valence-corrected chi connectivity index (χ1v) is 12.5. The Morgan fingerprint density at radius 2 is 1.04 bits per heavy atom. The summed E-state index contributed by atoms with van der Waals surface area (Å²) in [6.07, 6.45) is 27.9. The second kappa shape index (κ2) is 18.8. The van der Waals surface area contributed by atoms with Crippen molar-refractivity contribution in [3.63, 3.8) is 0 Å². The quantitative estimate of drug-likeness (QED) is 0.176. The van der Waals surface area contributed by atoms with Crippen LogP contribution in [0.2, 0.25) is 0 Å². The monoisotopic (exact) mass is 380 g/mol. The number of carbonyl (C=O) groups excluding carboxylic acids is 1. The minimum absolute atomic E-state index is 0.0793. The van der Waals surface area contributed by atoms with Crippen LogP contribution in [0.5, 0.6) is 0 Å². The minimum Gasteiger partial charge on any atom is -0.465 e. The van der Waals surface area contributed by atoms with Crippen molar-refractivity contribution < 1.29 is 9.53 Å². The third-order valence-corrected chi connectivity index (χ3v) is 6.18. The Labute approximate surface area is 170 Å². The molecule has 0 N–H and O–H groups in total. The number of hydrogen-bond acceptors (Lipinski definition) is 2. The maximum absolute atomic E-state index is 11.9. The number of esters is 1. The molecule has 0 spiro atoms. The fraction of sp³-hybridized carbons (Fsp3) is 0.960. The lowest BCUT2D eigenvalue weighted by molar-refractivity contribution is -0.149. The Morgan fingerprint density at radius 3 is 1.48 bits per heavy atom. The fourth-order valence-electron chi connectivity index (χ4n) is 4.28. The van der Waals surface area contributed by atoms with E-state index in [1.54, 1.807) is 0 Å². The van der Waals surface area contributed by atoms with Crippen LogP contribution in [0.3, 0.4) is 0 Å². The molecule has 0 aliphatic heterocycles. The maximum atomic E-state index is 11.9. The summed E-state index contributed by atoms with van der Waals surface area (Å²) in [7, 11) is 0. The molecule has 27 heavy (non-hydrogen) atoms. The molecule has 0 unspecified atom stereocenters. The molecule has 160 valence electrons. The van der Waals surface area contributed by atoms with Crippen LogP contribution >= 0.6 is 0 Å². The summed E-state index contributed by atoms with van der Waals surface area (Å²) >= 11 is 0. The highest BCUT2D eigenvalue weighted by Crippen LogP contribution is 2.24. The number of unbranched alkanes of at least 4 members (excludes halogenated alkanes) is 15. The van der Waals surface area contributed by atoms with Crippen LogP contribution in [0.25, 0.3) is 0 Å². The third-order valence-electron chi connectivity index (χ3n) is 6.18. The van der Waals surface area contributed by atoms with Gasteiger partial charge in [-0.1, -0.05) is 122 Å². The summed E-state index contributed by atoms with van der Waals surface area (Å²) in [6.45, 7) is 2.93. The normalized spacial score (nSPS) is 15.1. The van der Waals surface area contributed by atoms with Crippen LogP contribution in [0, 0.1) is 5.92 Å². The first-order chi connectivity index (χ1) is 13.3. The zero-order valence-corrected chi connectivity index (χ0v) is 18.5. The van der Waals surface area contributed by atoms with Gasteiger partial charge >= 0.3 is 5.97 Å². The molecule has 1 aliphatic carbocycles. The second-order valence-corrected chi connectivity index (χ2v) is 8.81. The van der Waals surface area contributed by atoms with E-state index in [-0.39, 0.29) is 11.9 Å².